The van der Waals surface area contributed by atoms with Crippen molar-refractivity contribution in [1.29, 1.82) is 0 Å². The quantitative estimate of drug-likeness (QED) is 0.499. The normalized spacial score (nSPS) is 19.1. The molecule has 0 radical (unpaired) electrons. The lowest BCUT2D eigenvalue weighted by molar-refractivity contribution is 0.0559. The number of guanidine groups is 1. The fourth-order valence-corrected chi connectivity index (χ4v) is 5.75. The zero-order valence-corrected chi connectivity index (χ0v) is 23.4. The zero-order valence-electron chi connectivity index (χ0n) is 21.9. The summed E-state index contributed by atoms with van der Waals surface area (Å²) in [5.41, 5.74) is 0.0573. The maximum atomic E-state index is 13.2. The number of carbonyl (C=O) groups is 2. The number of aromatic nitrogens is 2. The standard InChI is InChI=1S/C25H29ClN6O5S/c1-24(2,3)37-23(34)29-22-30-25(4,14-38(35,36)32(22)6)18-13-31(5)20-10-8-16(11-17(18)20)28-21(33)19-9-7-15(26)12-27-19/h7-13H,14H2,1-6H3,(H,28,33)(H,29,30,34)/t25-/m0/s1. The SMILES string of the molecule is CN1C(NC(=O)OC(C)(C)C)=N[C@](C)(c2cn(C)c3ccc(NC(=O)c4ccc(Cl)cn4)cc23)CS1(=O)=O. The van der Waals surface area contributed by atoms with E-state index in [9.17, 15) is 18.0 Å². The van der Waals surface area contributed by atoms with Crippen LogP contribution in [0.2, 0.25) is 5.02 Å². The number of ether oxygens (including phenoxy) is 1. The third-order valence-corrected chi connectivity index (χ3v) is 8.09. The van der Waals surface area contributed by atoms with Gasteiger partial charge >= 0.3 is 6.09 Å². The van der Waals surface area contributed by atoms with Crippen LogP contribution in [-0.2, 0) is 27.3 Å². The molecule has 0 saturated heterocycles. The molecule has 1 aliphatic rings. The van der Waals surface area contributed by atoms with Gasteiger partial charge in [-0.1, -0.05) is 11.6 Å². The van der Waals surface area contributed by atoms with Gasteiger partial charge in [0.2, 0.25) is 16.0 Å². The topological polar surface area (TPSA) is 135 Å². The average molecular weight is 561 g/mol. The van der Waals surface area contributed by atoms with Gasteiger partial charge in [0.05, 0.1) is 10.8 Å². The summed E-state index contributed by atoms with van der Waals surface area (Å²) in [6.45, 7) is 6.80. The highest BCUT2D eigenvalue weighted by molar-refractivity contribution is 7.89. The second-order valence-corrected chi connectivity index (χ2v) is 12.7. The van der Waals surface area contributed by atoms with Crippen LogP contribution in [0.4, 0.5) is 10.5 Å². The van der Waals surface area contributed by atoms with Crippen molar-refractivity contribution < 1.29 is 22.7 Å². The molecular formula is C25H29ClN6O5S. The molecule has 0 saturated carbocycles. The molecule has 2 amide bonds. The number of amides is 2. The maximum Gasteiger partial charge on any atom is 0.414 e. The number of halogens is 1. The molecule has 0 bridgehead atoms. The Morgan fingerprint density at radius 1 is 1.13 bits per heavy atom. The number of nitrogens with one attached hydrogen (secondary N) is 2. The van der Waals surface area contributed by atoms with E-state index in [2.05, 4.69) is 20.6 Å². The predicted molar refractivity (Wildman–Crippen MR) is 146 cm³/mol. The van der Waals surface area contributed by atoms with Crippen LogP contribution >= 0.6 is 11.6 Å². The Morgan fingerprint density at radius 3 is 2.47 bits per heavy atom. The molecule has 3 heterocycles. The van der Waals surface area contributed by atoms with Gasteiger partial charge in [-0.2, -0.15) is 0 Å². The third-order valence-electron chi connectivity index (χ3n) is 5.93. The summed E-state index contributed by atoms with van der Waals surface area (Å²) >= 11 is 5.86. The number of nitrogens with zero attached hydrogens (tertiary/aromatic N) is 4. The minimum absolute atomic E-state index is 0.150. The molecule has 1 aliphatic heterocycles. The number of carbonyl (C=O) groups excluding carboxylic acids is 2. The Labute approximate surface area is 225 Å². The number of aryl methyl sites for hydroxylation is 1. The molecule has 11 nitrogen and oxygen atoms in total. The zero-order chi connectivity index (χ0) is 28.0. The first kappa shape index (κ1) is 27.4. The van der Waals surface area contributed by atoms with E-state index in [1.54, 1.807) is 52.1 Å². The monoisotopic (exact) mass is 560 g/mol. The van der Waals surface area contributed by atoms with Gasteiger partial charge in [-0.3, -0.25) is 10.1 Å². The molecular weight excluding hydrogens is 532 g/mol. The average Bonchev–Trinajstić information content (AvgIpc) is 3.13. The summed E-state index contributed by atoms with van der Waals surface area (Å²) in [6.07, 6.45) is 2.37. The van der Waals surface area contributed by atoms with Crippen LogP contribution < -0.4 is 10.6 Å². The predicted octanol–water partition coefficient (Wildman–Crippen LogP) is 3.85. The van der Waals surface area contributed by atoms with Crippen LogP contribution in [0.3, 0.4) is 0 Å². The smallest absolute Gasteiger partial charge is 0.414 e. The number of anilines is 1. The number of alkyl carbamates (subject to hydrolysis) is 1. The lowest BCUT2D eigenvalue weighted by Crippen LogP contribution is -2.54. The lowest BCUT2D eigenvalue weighted by atomic mass is 9.94. The Hall–Kier alpha value is -3.64. The Kier molecular flexibility index (Phi) is 6.91. The van der Waals surface area contributed by atoms with Gasteiger partial charge in [-0.15, -0.1) is 0 Å². The molecule has 1 aromatic carbocycles. The van der Waals surface area contributed by atoms with Crippen molar-refractivity contribution in [2.75, 3.05) is 18.1 Å². The van der Waals surface area contributed by atoms with Crippen molar-refractivity contribution >= 4 is 56.2 Å². The van der Waals surface area contributed by atoms with E-state index < -0.39 is 33.2 Å². The van der Waals surface area contributed by atoms with Crippen LogP contribution in [-0.4, -0.2) is 58.6 Å². The van der Waals surface area contributed by atoms with Crippen LogP contribution in [0.5, 0.6) is 0 Å². The van der Waals surface area contributed by atoms with Crippen LogP contribution in [0.15, 0.2) is 47.7 Å². The van der Waals surface area contributed by atoms with Crippen molar-refractivity contribution in [3.05, 3.63) is 59.0 Å². The molecule has 1 atom stereocenters. The molecule has 2 aromatic heterocycles. The van der Waals surface area contributed by atoms with Gasteiger partial charge in [-0.25, -0.2) is 27.5 Å². The highest BCUT2D eigenvalue weighted by Gasteiger charge is 2.43. The van der Waals surface area contributed by atoms with Gasteiger partial charge in [0.1, 0.15) is 16.8 Å². The van der Waals surface area contributed by atoms with Crippen molar-refractivity contribution in [2.45, 2.75) is 38.8 Å². The molecule has 3 aromatic rings. The van der Waals surface area contributed by atoms with Gasteiger partial charge in [0.25, 0.3) is 5.91 Å². The second kappa shape index (κ2) is 9.59. The Balaban J connectivity index is 1.74. The van der Waals surface area contributed by atoms with E-state index in [-0.39, 0.29) is 17.4 Å². The Morgan fingerprint density at radius 2 is 1.84 bits per heavy atom. The van der Waals surface area contributed by atoms with Gasteiger partial charge < -0.3 is 14.6 Å². The van der Waals surface area contributed by atoms with E-state index in [4.69, 9.17) is 16.3 Å². The van der Waals surface area contributed by atoms with Crippen molar-refractivity contribution in [3.8, 4) is 0 Å². The fraction of sp³-hybridized carbons (Fsp3) is 0.360. The third kappa shape index (κ3) is 5.60. The number of pyridine rings is 1. The van der Waals surface area contributed by atoms with Crippen LogP contribution in [0.1, 0.15) is 43.7 Å². The van der Waals surface area contributed by atoms with Crippen LogP contribution in [0, 0.1) is 0 Å². The second-order valence-electron chi connectivity index (χ2n) is 10.3. The van der Waals surface area contributed by atoms with Gasteiger partial charge in [-0.05, 0) is 58.0 Å². The number of fused-ring (bicyclic) bond motifs is 1. The molecule has 4 rings (SSSR count). The number of hydrogen-bond acceptors (Lipinski definition) is 7. The highest BCUT2D eigenvalue weighted by Crippen LogP contribution is 2.38. The lowest BCUT2D eigenvalue weighted by Gasteiger charge is -2.35. The van der Waals surface area contributed by atoms with E-state index >= 15 is 0 Å². The summed E-state index contributed by atoms with van der Waals surface area (Å²) in [6, 6.07) is 8.41. The van der Waals surface area contributed by atoms with Gasteiger partial charge in [0, 0.05) is 48.6 Å². The molecule has 0 aliphatic carbocycles. The van der Waals surface area contributed by atoms with E-state index in [1.165, 1.54) is 19.3 Å². The molecule has 0 spiro atoms. The number of sulfonamides is 1. The molecule has 0 fully saturated rings. The number of hydrogen-bond donors (Lipinski definition) is 2. The van der Waals surface area contributed by atoms with Crippen molar-refractivity contribution in [1.82, 2.24) is 19.2 Å². The summed E-state index contributed by atoms with van der Waals surface area (Å²) in [4.78, 5) is 33.8. The minimum Gasteiger partial charge on any atom is -0.444 e. The minimum atomic E-state index is -3.85. The molecule has 0 unspecified atom stereocenters. The summed E-state index contributed by atoms with van der Waals surface area (Å²) in [7, 11) is -0.692. The Bertz CT molecular complexity index is 1560. The maximum absolute atomic E-state index is 13.2. The molecule has 38 heavy (non-hydrogen) atoms. The van der Waals surface area contributed by atoms with Gasteiger partial charge in [0.15, 0.2) is 0 Å². The molecule has 202 valence electrons. The first-order chi connectivity index (χ1) is 17.6. The van der Waals surface area contributed by atoms with E-state index in [0.29, 0.717) is 21.7 Å². The van der Waals surface area contributed by atoms with E-state index in [0.717, 1.165) is 9.82 Å². The first-order valence-corrected chi connectivity index (χ1v) is 13.7. The number of benzene rings is 1. The number of aliphatic imine (C=N–C) groups is 1. The first-order valence-electron chi connectivity index (χ1n) is 11.7. The largest absolute Gasteiger partial charge is 0.444 e. The van der Waals surface area contributed by atoms with Crippen molar-refractivity contribution in [2.24, 2.45) is 12.0 Å². The van der Waals surface area contributed by atoms with Crippen LogP contribution in [0.25, 0.3) is 10.9 Å². The molecule has 13 heteroatoms. The molecule has 2 N–H and O–H groups in total. The van der Waals surface area contributed by atoms with E-state index in [1.807, 2.05) is 17.7 Å². The summed E-state index contributed by atoms with van der Waals surface area (Å²) in [5.74, 6) is -0.905. The fourth-order valence-electron chi connectivity index (χ4n) is 4.16. The number of rotatable bonds is 3. The highest BCUT2D eigenvalue weighted by atomic mass is 35.5. The van der Waals surface area contributed by atoms with Crippen molar-refractivity contribution in [3.63, 3.8) is 0 Å². The summed E-state index contributed by atoms with van der Waals surface area (Å²) < 4.78 is 34.4. The summed E-state index contributed by atoms with van der Waals surface area (Å²) in [5, 5.41) is 6.40.